The molecule has 3 aromatic carbocycles. The van der Waals surface area contributed by atoms with Crippen LogP contribution in [0.1, 0.15) is 42.3 Å². The number of carbonyl (C=O) groups excluding carboxylic acids is 1. The van der Waals surface area contributed by atoms with Crippen LogP contribution in [0.5, 0.6) is 0 Å². The maximum atomic E-state index is 15.4. The number of halogens is 2. The molecule has 0 radical (unpaired) electrons. The lowest BCUT2D eigenvalue weighted by Gasteiger charge is -2.16. The van der Waals surface area contributed by atoms with E-state index < -0.39 is 11.2 Å². The number of nitriles is 1. The van der Waals surface area contributed by atoms with Crippen LogP contribution in [0.2, 0.25) is 5.02 Å². The van der Waals surface area contributed by atoms with Crippen molar-refractivity contribution < 1.29 is 13.7 Å². The van der Waals surface area contributed by atoms with E-state index in [1.807, 2.05) is 24.3 Å². The molecule has 6 nitrogen and oxygen atoms in total. The predicted octanol–water partition coefficient (Wildman–Crippen LogP) is 6.77. The monoisotopic (exact) mass is 532 g/mol. The Labute approximate surface area is 222 Å². The minimum Gasteiger partial charge on any atom is -0.334 e. The zero-order chi connectivity index (χ0) is 26.0. The molecule has 1 amide bonds. The van der Waals surface area contributed by atoms with E-state index in [0.29, 0.717) is 35.4 Å². The molecule has 0 atom stereocenters. The highest BCUT2D eigenvalue weighted by atomic mass is 35.5. The van der Waals surface area contributed by atoms with E-state index in [1.54, 1.807) is 42.1 Å². The second-order valence-electron chi connectivity index (χ2n) is 8.81. The molecule has 0 bridgehead atoms. The largest absolute Gasteiger partial charge is 0.334 e. The van der Waals surface area contributed by atoms with Crippen LogP contribution < -0.4 is 5.32 Å². The second-order valence-corrected chi connectivity index (χ2v) is 10.6. The first-order valence-corrected chi connectivity index (χ1v) is 13.1. The van der Waals surface area contributed by atoms with Crippen LogP contribution in [0.15, 0.2) is 70.1 Å². The zero-order valence-electron chi connectivity index (χ0n) is 19.9. The minimum absolute atomic E-state index is 0.170. The summed E-state index contributed by atoms with van der Waals surface area (Å²) in [5.41, 5.74) is 1.85. The van der Waals surface area contributed by atoms with Gasteiger partial charge in [0.15, 0.2) is 5.82 Å². The molecule has 0 saturated heterocycles. The molecule has 0 spiro atoms. The van der Waals surface area contributed by atoms with Gasteiger partial charge in [-0.25, -0.2) is 4.39 Å². The molecule has 1 saturated carbocycles. The number of hydrogen-bond donors (Lipinski definition) is 1. The number of aromatic nitrogens is 2. The number of amides is 1. The Morgan fingerprint density at radius 2 is 1.92 bits per heavy atom. The Bertz CT molecular complexity index is 1470. The maximum absolute atomic E-state index is 15.4. The third-order valence-corrected chi connectivity index (χ3v) is 7.46. The Hall–Kier alpha value is -3.67. The summed E-state index contributed by atoms with van der Waals surface area (Å²) in [5, 5.41) is 16.0. The van der Waals surface area contributed by atoms with E-state index in [9.17, 15) is 4.79 Å². The average Bonchev–Trinajstić information content (AvgIpc) is 3.51. The summed E-state index contributed by atoms with van der Waals surface area (Å²) in [6.07, 6.45) is 1.41. The molecule has 186 valence electrons. The van der Waals surface area contributed by atoms with Gasteiger partial charge in [0.25, 0.3) is 5.89 Å². The predicted molar refractivity (Wildman–Crippen MR) is 141 cm³/mol. The van der Waals surface area contributed by atoms with E-state index in [4.69, 9.17) is 21.4 Å². The number of hydrogen-bond acceptors (Lipinski definition) is 6. The van der Waals surface area contributed by atoms with Gasteiger partial charge in [-0.3, -0.25) is 4.79 Å². The number of nitrogens with one attached hydrogen (secondary N) is 1. The maximum Gasteiger partial charge on any atom is 0.257 e. The Morgan fingerprint density at radius 3 is 2.54 bits per heavy atom. The minimum atomic E-state index is -0.781. The van der Waals surface area contributed by atoms with Crippen molar-refractivity contribution >= 4 is 35.0 Å². The number of anilines is 1. The molecule has 37 heavy (non-hydrogen) atoms. The number of rotatable bonds is 8. The Kier molecular flexibility index (Phi) is 7.00. The molecule has 0 unspecified atom stereocenters. The highest BCUT2D eigenvalue weighted by Gasteiger charge is 2.53. The van der Waals surface area contributed by atoms with Gasteiger partial charge in [-0.05, 0) is 72.7 Å². The Balaban J connectivity index is 1.32. The van der Waals surface area contributed by atoms with Crippen LogP contribution in [-0.2, 0) is 16.6 Å². The van der Waals surface area contributed by atoms with Crippen LogP contribution in [0.4, 0.5) is 10.1 Å². The number of nitrogens with zero attached hydrogens (tertiary/aromatic N) is 3. The molecule has 5 rings (SSSR count). The van der Waals surface area contributed by atoms with E-state index in [1.165, 1.54) is 6.07 Å². The summed E-state index contributed by atoms with van der Waals surface area (Å²) < 4.78 is 20.8. The van der Waals surface area contributed by atoms with Crippen LogP contribution in [0.25, 0.3) is 11.5 Å². The van der Waals surface area contributed by atoms with Crippen LogP contribution >= 0.6 is 23.4 Å². The summed E-state index contributed by atoms with van der Waals surface area (Å²) in [6, 6.07) is 19.5. The number of benzene rings is 3. The molecule has 9 heteroatoms. The van der Waals surface area contributed by atoms with Gasteiger partial charge in [-0.1, -0.05) is 35.8 Å². The summed E-state index contributed by atoms with van der Waals surface area (Å²) in [7, 11) is 0. The molecule has 1 aliphatic rings. The number of thioether (sulfide) groups is 1. The second kappa shape index (κ2) is 10.4. The molecule has 1 aromatic heterocycles. The molecule has 4 aromatic rings. The fraction of sp³-hybridized carbons (Fsp3) is 0.214. The van der Waals surface area contributed by atoms with Gasteiger partial charge < -0.3 is 9.84 Å². The van der Waals surface area contributed by atoms with Crippen LogP contribution in [-0.4, -0.2) is 21.8 Å². The Morgan fingerprint density at radius 1 is 1.19 bits per heavy atom. The van der Waals surface area contributed by atoms with Gasteiger partial charge in [0.1, 0.15) is 5.82 Å². The lowest BCUT2D eigenvalue weighted by molar-refractivity contribution is -0.115. The van der Waals surface area contributed by atoms with Crippen molar-refractivity contribution in [1.29, 1.82) is 5.26 Å². The van der Waals surface area contributed by atoms with Crippen molar-refractivity contribution in [2.24, 2.45) is 0 Å². The first-order chi connectivity index (χ1) is 17.9. The van der Waals surface area contributed by atoms with E-state index in [0.717, 1.165) is 16.2 Å². The van der Waals surface area contributed by atoms with Crippen molar-refractivity contribution in [3.05, 3.63) is 94.0 Å². The van der Waals surface area contributed by atoms with Gasteiger partial charge in [0.05, 0.1) is 23.5 Å². The normalized spacial score (nSPS) is 13.7. The van der Waals surface area contributed by atoms with Gasteiger partial charge in [-0.2, -0.15) is 10.2 Å². The highest BCUT2D eigenvalue weighted by Crippen LogP contribution is 2.55. The third kappa shape index (κ3) is 5.24. The summed E-state index contributed by atoms with van der Waals surface area (Å²) in [4.78, 5) is 18.2. The average molecular weight is 533 g/mol. The van der Waals surface area contributed by atoms with Crippen molar-refractivity contribution in [2.45, 2.75) is 36.5 Å². The van der Waals surface area contributed by atoms with Gasteiger partial charge in [0, 0.05) is 26.7 Å². The van der Waals surface area contributed by atoms with Gasteiger partial charge >= 0.3 is 0 Å². The lowest BCUT2D eigenvalue weighted by atomic mass is 9.94. The first kappa shape index (κ1) is 25.0. The lowest BCUT2D eigenvalue weighted by Crippen LogP contribution is -2.17. The van der Waals surface area contributed by atoms with E-state index in [2.05, 4.69) is 28.5 Å². The smallest absolute Gasteiger partial charge is 0.257 e. The molecule has 1 aliphatic carbocycles. The van der Waals surface area contributed by atoms with E-state index >= 15 is 4.39 Å². The molecule has 1 N–H and O–H groups in total. The molecule has 0 aliphatic heterocycles. The number of carbonyl (C=O) groups is 1. The van der Waals surface area contributed by atoms with Gasteiger partial charge in [0.2, 0.25) is 5.91 Å². The summed E-state index contributed by atoms with van der Waals surface area (Å²) in [5.74, 6) is 0.826. The van der Waals surface area contributed by atoms with Crippen molar-refractivity contribution in [3.8, 4) is 17.5 Å². The molecular weight excluding hydrogens is 511 g/mol. The molecule has 1 heterocycles. The van der Waals surface area contributed by atoms with Crippen molar-refractivity contribution in [2.75, 3.05) is 11.1 Å². The highest BCUT2D eigenvalue weighted by molar-refractivity contribution is 7.99. The summed E-state index contributed by atoms with van der Waals surface area (Å²) >= 11 is 8.28. The zero-order valence-corrected chi connectivity index (χ0v) is 21.5. The SMILES string of the molecule is CCSc1ccc(CC(=O)Nc2cc(F)c(C3(c4noc(-c5ccc(C#N)cc5)n4)CC3)c(Cl)c2)cc1. The fourth-order valence-corrected chi connectivity index (χ4v) is 5.35. The van der Waals surface area contributed by atoms with Crippen molar-refractivity contribution in [1.82, 2.24) is 10.1 Å². The van der Waals surface area contributed by atoms with Crippen LogP contribution in [0.3, 0.4) is 0 Å². The molecule has 1 fully saturated rings. The molecular formula is C28H22ClFN4O2S. The third-order valence-electron chi connectivity index (χ3n) is 6.27. The quantitative estimate of drug-likeness (QED) is 0.252. The van der Waals surface area contributed by atoms with Crippen molar-refractivity contribution in [3.63, 3.8) is 0 Å². The van der Waals surface area contributed by atoms with Gasteiger partial charge in [-0.15, -0.1) is 11.8 Å². The fourth-order valence-electron chi connectivity index (χ4n) is 4.30. The topological polar surface area (TPSA) is 91.8 Å². The first-order valence-electron chi connectivity index (χ1n) is 11.8. The summed E-state index contributed by atoms with van der Waals surface area (Å²) in [6.45, 7) is 2.09. The standard InChI is InChI=1S/C28H22ClFN4O2S/c1-2-37-21-9-5-17(6-10-21)13-24(35)32-20-14-22(29)25(23(30)15-20)28(11-12-28)27-33-26(36-34-27)19-7-3-18(16-31)4-8-19/h3-10,14-15H,2,11-13H2,1H3,(H,32,35). The van der Waals surface area contributed by atoms with Crippen LogP contribution in [0, 0.1) is 17.1 Å². The van der Waals surface area contributed by atoms with E-state index in [-0.39, 0.29) is 28.9 Å².